The largest absolute Gasteiger partial charge is 0.363 e. The molecule has 0 aliphatic heterocycles. The first-order valence-corrected chi connectivity index (χ1v) is 7.51. The Kier molecular flexibility index (Phi) is 5.14. The van der Waals surface area contributed by atoms with Gasteiger partial charge in [0.2, 0.25) is 5.95 Å². The topological polar surface area (TPSA) is 49.8 Å². The van der Waals surface area contributed by atoms with Crippen LogP contribution >= 0.6 is 0 Å². The molecule has 1 aromatic heterocycles. The molecule has 0 aliphatic carbocycles. The van der Waals surface area contributed by atoms with Crippen LogP contribution in [0.5, 0.6) is 0 Å². The van der Waals surface area contributed by atoms with E-state index in [1.165, 1.54) is 11.1 Å². The maximum absolute atomic E-state index is 4.57. The van der Waals surface area contributed by atoms with E-state index in [4.69, 9.17) is 0 Å². The number of hydrogen-bond acceptors (Lipinski definition) is 4. The average molecular weight is 284 g/mol. The van der Waals surface area contributed by atoms with Crippen LogP contribution in [0.25, 0.3) is 0 Å². The van der Waals surface area contributed by atoms with E-state index in [1.807, 2.05) is 13.1 Å². The standard InChI is InChI=1S/C17H24N4/c1-5-10-18-17-19-11-13(3)16(21-17)20-14(4)15-9-7-6-8-12(15)2/h6-9,11,14H,5,10H2,1-4H3,(H2,18,19,20,21). The van der Waals surface area contributed by atoms with Crippen molar-refractivity contribution < 1.29 is 0 Å². The molecule has 0 saturated carbocycles. The highest BCUT2D eigenvalue weighted by Crippen LogP contribution is 2.23. The molecule has 0 radical (unpaired) electrons. The summed E-state index contributed by atoms with van der Waals surface area (Å²) in [7, 11) is 0. The Bertz CT molecular complexity index is 595. The predicted molar refractivity (Wildman–Crippen MR) is 88.8 cm³/mol. The molecule has 0 spiro atoms. The lowest BCUT2D eigenvalue weighted by atomic mass is 10.0. The molecule has 2 rings (SSSR count). The van der Waals surface area contributed by atoms with E-state index >= 15 is 0 Å². The van der Waals surface area contributed by atoms with Gasteiger partial charge in [-0.05, 0) is 38.3 Å². The lowest BCUT2D eigenvalue weighted by Gasteiger charge is -2.18. The molecule has 0 saturated heterocycles. The Morgan fingerprint density at radius 1 is 1.14 bits per heavy atom. The van der Waals surface area contributed by atoms with Crippen molar-refractivity contribution in [2.45, 2.75) is 40.2 Å². The zero-order valence-electron chi connectivity index (χ0n) is 13.3. The second kappa shape index (κ2) is 7.07. The van der Waals surface area contributed by atoms with Crippen molar-refractivity contribution in [1.29, 1.82) is 0 Å². The molecule has 4 heteroatoms. The second-order valence-corrected chi connectivity index (χ2v) is 5.37. The van der Waals surface area contributed by atoms with Gasteiger partial charge in [-0.25, -0.2) is 4.98 Å². The maximum Gasteiger partial charge on any atom is 0.224 e. The third-order valence-electron chi connectivity index (χ3n) is 3.51. The summed E-state index contributed by atoms with van der Waals surface area (Å²) < 4.78 is 0. The number of benzene rings is 1. The van der Waals surface area contributed by atoms with Crippen molar-refractivity contribution in [3.05, 3.63) is 47.2 Å². The number of aromatic nitrogens is 2. The third-order valence-corrected chi connectivity index (χ3v) is 3.51. The van der Waals surface area contributed by atoms with E-state index in [2.05, 4.69) is 65.6 Å². The molecule has 0 bridgehead atoms. The molecule has 2 aromatic rings. The smallest absolute Gasteiger partial charge is 0.224 e. The van der Waals surface area contributed by atoms with E-state index in [-0.39, 0.29) is 6.04 Å². The van der Waals surface area contributed by atoms with Crippen molar-refractivity contribution in [1.82, 2.24) is 9.97 Å². The van der Waals surface area contributed by atoms with Crippen LogP contribution < -0.4 is 10.6 Å². The SMILES string of the molecule is CCCNc1ncc(C)c(NC(C)c2ccccc2C)n1. The van der Waals surface area contributed by atoms with E-state index in [1.54, 1.807) is 0 Å². The van der Waals surface area contributed by atoms with E-state index in [0.29, 0.717) is 5.95 Å². The van der Waals surface area contributed by atoms with Crippen LogP contribution in [0, 0.1) is 13.8 Å². The molecule has 1 aromatic carbocycles. The van der Waals surface area contributed by atoms with Gasteiger partial charge in [-0.1, -0.05) is 31.2 Å². The predicted octanol–water partition coefficient (Wildman–Crippen LogP) is 4.09. The molecule has 1 atom stereocenters. The molecule has 1 unspecified atom stereocenters. The minimum absolute atomic E-state index is 0.207. The highest BCUT2D eigenvalue weighted by atomic mass is 15.1. The summed E-state index contributed by atoms with van der Waals surface area (Å²) in [6.45, 7) is 9.32. The number of anilines is 2. The summed E-state index contributed by atoms with van der Waals surface area (Å²) in [6, 6.07) is 8.63. The number of rotatable bonds is 6. The Morgan fingerprint density at radius 2 is 1.90 bits per heavy atom. The summed E-state index contributed by atoms with van der Waals surface area (Å²) >= 11 is 0. The van der Waals surface area contributed by atoms with Crippen LogP contribution in [0.3, 0.4) is 0 Å². The molecular weight excluding hydrogens is 260 g/mol. The van der Waals surface area contributed by atoms with E-state index < -0.39 is 0 Å². The zero-order valence-corrected chi connectivity index (χ0v) is 13.3. The number of nitrogens with zero attached hydrogens (tertiary/aromatic N) is 2. The Balaban J connectivity index is 2.16. The van der Waals surface area contributed by atoms with Crippen molar-refractivity contribution in [2.24, 2.45) is 0 Å². The van der Waals surface area contributed by atoms with Gasteiger partial charge in [0, 0.05) is 18.3 Å². The number of nitrogens with one attached hydrogen (secondary N) is 2. The minimum atomic E-state index is 0.207. The van der Waals surface area contributed by atoms with Crippen LogP contribution in [0.4, 0.5) is 11.8 Å². The van der Waals surface area contributed by atoms with Gasteiger partial charge in [-0.2, -0.15) is 4.98 Å². The van der Waals surface area contributed by atoms with Crippen molar-refractivity contribution >= 4 is 11.8 Å². The van der Waals surface area contributed by atoms with Crippen LogP contribution in [-0.4, -0.2) is 16.5 Å². The summed E-state index contributed by atoms with van der Waals surface area (Å²) in [5.41, 5.74) is 3.63. The van der Waals surface area contributed by atoms with Gasteiger partial charge >= 0.3 is 0 Å². The van der Waals surface area contributed by atoms with Gasteiger partial charge in [-0.15, -0.1) is 0 Å². The molecule has 112 valence electrons. The number of aryl methyl sites for hydroxylation is 2. The van der Waals surface area contributed by atoms with E-state index in [9.17, 15) is 0 Å². The molecule has 4 nitrogen and oxygen atoms in total. The molecule has 0 amide bonds. The van der Waals surface area contributed by atoms with E-state index in [0.717, 1.165) is 24.3 Å². The third kappa shape index (κ3) is 3.94. The van der Waals surface area contributed by atoms with Crippen molar-refractivity contribution in [3.8, 4) is 0 Å². The van der Waals surface area contributed by atoms with Gasteiger partial charge < -0.3 is 10.6 Å². The normalized spacial score (nSPS) is 12.0. The van der Waals surface area contributed by atoms with Gasteiger partial charge in [0.15, 0.2) is 0 Å². The fourth-order valence-corrected chi connectivity index (χ4v) is 2.27. The van der Waals surface area contributed by atoms with Gasteiger partial charge in [0.1, 0.15) is 5.82 Å². The fraction of sp³-hybridized carbons (Fsp3) is 0.412. The van der Waals surface area contributed by atoms with Crippen LogP contribution in [0.1, 0.15) is 43.0 Å². The molecular formula is C17H24N4. The first kappa shape index (κ1) is 15.3. The highest BCUT2D eigenvalue weighted by Gasteiger charge is 2.11. The van der Waals surface area contributed by atoms with Crippen LogP contribution in [-0.2, 0) is 0 Å². The Hall–Kier alpha value is -2.10. The average Bonchev–Trinajstić information content (AvgIpc) is 2.48. The summed E-state index contributed by atoms with van der Waals surface area (Å²) in [5.74, 6) is 1.57. The summed E-state index contributed by atoms with van der Waals surface area (Å²) in [6.07, 6.45) is 2.91. The monoisotopic (exact) mass is 284 g/mol. The van der Waals surface area contributed by atoms with Gasteiger partial charge in [-0.3, -0.25) is 0 Å². The summed E-state index contributed by atoms with van der Waals surface area (Å²) in [5, 5.41) is 6.72. The second-order valence-electron chi connectivity index (χ2n) is 5.37. The first-order valence-electron chi connectivity index (χ1n) is 7.51. The molecule has 0 aliphatic rings. The first-order chi connectivity index (χ1) is 10.1. The van der Waals surface area contributed by atoms with Gasteiger partial charge in [0.25, 0.3) is 0 Å². The summed E-state index contributed by atoms with van der Waals surface area (Å²) in [4.78, 5) is 8.88. The Morgan fingerprint density at radius 3 is 2.62 bits per heavy atom. The lowest BCUT2D eigenvalue weighted by Crippen LogP contribution is -2.12. The molecule has 1 heterocycles. The Labute approximate surface area is 127 Å². The van der Waals surface area contributed by atoms with Gasteiger partial charge in [0.05, 0.1) is 6.04 Å². The maximum atomic E-state index is 4.57. The quantitative estimate of drug-likeness (QED) is 0.839. The minimum Gasteiger partial charge on any atom is -0.363 e. The number of hydrogen-bond donors (Lipinski definition) is 2. The fourth-order valence-electron chi connectivity index (χ4n) is 2.27. The lowest BCUT2D eigenvalue weighted by molar-refractivity contribution is 0.857. The van der Waals surface area contributed by atoms with Crippen LogP contribution in [0.2, 0.25) is 0 Å². The zero-order chi connectivity index (χ0) is 15.2. The van der Waals surface area contributed by atoms with Crippen LogP contribution in [0.15, 0.2) is 30.5 Å². The van der Waals surface area contributed by atoms with Crippen molar-refractivity contribution in [3.63, 3.8) is 0 Å². The molecule has 2 N–H and O–H groups in total. The highest BCUT2D eigenvalue weighted by molar-refractivity contribution is 5.48. The molecule has 0 fully saturated rings. The molecule has 21 heavy (non-hydrogen) atoms. The van der Waals surface area contributed by atoms with Crippen molar-refractivity contribution in [2.75, 3.05) is 17.2 Å².